The molecule has 0 aliphatic carbocycles. The fourth-order valence-corrected chi connectivity index (χ4v) is 1.60. The van der Waals surface area contributed by atoms with E-state index in [1.54, 1.807) is 6.07 Å². The Kier molecular flexibility index (Phi) is 2.64. The van der Waals surface area contributed by atoms with Gasteiger partial charge in [0.1, 0.15) is 16.8 Å². The van der Waals surface area contributed by atoms with Crippen molar-refractivity contribution in [2.75, 3.05) is 5.32 Å². The summed E-state index contributed by atoms with van der Waals surface area (Å²) in [5, 5.41) is 15.9. The smallest absolute Gasteiger partial charge is 0.347 e. The van der Waals surface area contributed by atoms with Crippen molar-refractivity contribution in [2.24, 2.45) is 0 Å². The number of nitrogens with zero attached hydrogens (tertiary/aromatic N) is 2. The van der Waals surface area contributed by atoms with E-state index in [9.17, 15) is 4.79 Å². The van der Waals surface area contributed by atoms with Gasteiger partial charge >= 0.3 is 5.97 Å². The Morgan fingerprint density at radius 1 is 1.67 bits per heavy atom. The van der Waals surface area contributed by atoms with E-state index in [-0.39, 0.29) is 4.88 Å². The number of aromatic carboxylic acids is 1. The van der Waals surface area contributed by atoms with Gasteiger partial charge in [0.25, 0.3) is 0 Å². The molecular weight excluding hydrogens is 218 g/mol. The monoisotopic (exact) mass is 225 g/mol. The average molecular weight is 225 g/mol. The molecular formula is C8H7N3O3S. The van der Waals surface area contributed by atoms with E-state index in [4.69, 9.17) is 5.11 Å². The molecule has 0 aromatic carbocycles. The topological polar surface area (TPSA) is 88.2 Å². The van der Waals surface area contributed by atoms with Crippen LogP contribution in [0.2, 0.25) is 0 Å². The third kappa shape index (κ3) is 2.32. The summed E-state index contributed by atoms with van der Waals surface area (Å²) in [6.45, 7) is 0.461. The number of hydrogen-bond donors (Lipinski definition) is 2. The lowest BCUT2D eigenvalue weighted by Gasteiger charge is -1.96. The number of nitrogens with one attached hydrogen (secondary N) is 1. The van der Waals surface area contributed by atoms with E-state index < -0.39 is 5.97 Å². The molecule has 0 radical (unpaired) electrons. The zero-order chi connectivity index (χ0) is 10.7. The van der Waals surface area contributed by atoms with E-state index in [2.05, 4.69) is 20.0 Å². The normalized spacial score (nSPS) is 10.1. The van der Waals surface area contributed by atoms with Crippen LogP contribution in [0.4, 0.5) is 5.13 Å². The Hall–Kier alpha value is -1.89. The minimum Gasteiger partial charge on any atom is -0.477 e. The summed E-state index contributed by atoms with van der Waals surface area (Å²) in [5.41, 5.74) is 0.738. The number of thiazole rings is 1. The molecule has 2 aromatic rings. The third-order valence-corrected chi connectivity index (χ3v) is 2.57. The minimum absolute atomic E-state index is 0.206. The van der Waals surface area contributed by atoms with Crippen LogP contribution < -0.4 is 5.32 Å². The highest BCUT2D eigenvalue weighted by molar-refractivity contribution is 7.17. The largest absolute Gasteiger partial charge is 0.477 e. The molecule has 2 aromatic heterocycles. The van der Waals surface area contributed by atoms with Gasteiger partial charge in [-0.05, 0) is 0 Å². The summed E-state index contributed by atoms with van der Waals surface area (Å²) in [4.78, 5) is 14.7. The summed E-state index contributed by atoms with van der Waals surface area (Å²) >= 11 is 1.08. The van der Waals surface area contributed by atoms with Crippen LogP contribution in [-0.4, -0.2) is 21.2 Å². The van der Waals surface area contributed by atoms with Crippen molar-refractivity contribution in [3.63, 3.8) is 0 Å². The molecule has 0 bridgehead atoms. The molecule has 0 spiro atoms. The van der Waals surface area contributed by atoms with E-state index >= 15 is 0 Å². The predicted octanol–water partition coefficient (Wildman–Crippen LogP) is 1.44. The van der Waals surface area contributed by atoms with Crippen LogP contribution in [0.15, 0.2) is 23.0 Å². The van der Waals surface area contributed by atoms with E-state index in [1.807, 2.05) is 0 Å². The molecule has 0 aliphatic rings. The van der Waals surface area contributed by atoms with Crippen LogP contribution in [-0.2, 0) is 6.54 Å². The number of anilines is 1. The minimum atomic E-state index is -0.970. The van der Waals surface area contributed by atoms with Crippen LogP contribution >= 0.6 is 11.3 Å². The summed E-state index contributed by atoms with van der Waals surface area (Å²) in [7, 11) is 0. The maximum atomic E-state index is 10.6. The molecule has 7 heteroatoms. The summed E-state index contributed by atoms with van der Waals surface area (Å²) in [6.07, 6.45) is 2.79. The molecule has 2 rings (SSSR count). The Balaban J connectivity index is 1.96. The molecule has 0 aliphatic heterocycles. The van der Waals surface area contributed by atoms with Gasteiger partial charge < -0.3 is 14.9 Å². The lowest BCUT2D eigenvalue weighted by Crippen LogP contribution is -1.98. The van der Waals surface area contributed by atoms with Crippen LogP contribution in [0.5, 0.6) is 0 Å². The van der Waals surface area contributed by atoms with Gasteiger partial charge in [-0.3, -0.25) is 0 Å². The first-order valence-electron chi connectivity index (χ1n) is 4.08. The summed E-state index contributed by atoms with van der Waals surface area (Å²) in [6, 6.07) is 1.72. The maximum Gasteiger partial charge on any atom is 0.347 e. The highest BCUT2D eigenvalue weighted by Crippen LogP contribution is 2.18. The number of hydrogen-bond acceptors (Lipinski definition) is 6. The van der Waals surface area contributed by atoms with Crippen molar-refractivity contribution in [3.05, 3.63) is 29.1 Å². The van der Waals surface area contributed by atoms with Gasteiger partial charge in [-0.25, -0.2) is 9.78 Å². The standard InChI is InChI=1S/C8H7N3O3S/c12-7(13)6-4-10-8(15-6)9-3-5-1-2-14-11-5/h1-2,4H,3H2,(H,9,10)(H,12,13). The Bertz CT molecular complexity index is 451. The first-order chi connectivity index (χ1) is 7.25. The Morgan fingerprint density at radius 3 is 3.13 bits per heavy atom. The molecule has 6 nitrogen and oxygen atoms in total. The van der Waals surface area contributed by atoms with Gasteiger partial charge in [0.2, 0.25) is 0 Å². The van der Waals surface area contributed by atoms with Crippen LogP contribution in [0.3, 0.4) is 0 Å². The molecule has 2 heterocycles. The number of rotatable bonds is 4. The van der Waals surface area contributed by atoms with Crippen molar-refractivity contribution >= 4 is 22.4 Å². The van der Waals surface area contributed by atoms with Gasteiger partial charge in [0.05, 0.1) is 12.7 Å². The van der Waals surface area contributed by atoms with Gasteiger partial charge in [0.15, 0.2) is 5.13 Å². The third-order valence-electron chi connectivity index (χ3n) is 1.63. The van der Waals surface area contributed by atoms with E-state index in [0.29, 0.717) is 11.7 Å². The van der Waals surface area contributed by atoms with E-state index in [0.717, 1.165) is 17.0 Å². The molecule has 2 N–H and O–H groups in total. The molecule has 0 amide bonds. The zero-order valence-corrected chi connectivity index (χ0v) is 8.32. The van der Waals surface area contributed by atoms with E-state index in [1.165, 1.54) is 12.5 Å². The highest BCUT2D eigenvalue weighted by Gasteiger charge is 2.08. The molecule has 0 unspecified atom stereocenters. The number of carboxylic acids is 1. The predicted molar refractivity (Wildman–Crippen MR) is 52.9 cm³/mol. The molecule has 0 saturated carbocycles. The van der Waals surface area contributed by atoms with Crippen LogP contribution in [0.25, 0.3) is 0 Å². The SMILES string of the molecule is O=C(O)c1cnc(NCc2ccon2)s1. The van der Waals surface area contributed by atoms with Crippen molar-refractivity contribution < 1.29 is 14.4 Å². The zero-order valence-electron chi connectivity index (χ0n) is 7.51. The highest BCUT2D eigenvalue weighted by atomic mass is 32.1. The quantitative estimate of drug-likeness (QED) is 0.818. The summed E-state index contributed by atoms with van der Waals surface area (Å²) < 4.78 is 4.65. The van der Waals surface area contributed by atoms with Gasteiger partial charge in [-0.1, -0.05) is 16.5 Å². The number of aromatic nitrogens is 2. The van der Waals surface area contributed by atoms with Crippen molar-refractivity contribution in [3.8, 4) is 0 Å². The number of carbonyl (C=O) groups is 1. The lowest BCUT2D eigenvalue weighted by molar-refractivity contribution is 0.0702. The van der Waals surface area contributed by atoms with Gasteiger partial charge in [-0.15, -0.1) is 0 Å². The van der Waals surface area contributed by atoms with Gasteiger partial charge in [-0.2, -0.15) is 0 Å². The molecule has 15 heavy (non-hydrogen) atoms. The second kappa shape index (κ2) is 4.09. The molecule has 0 saturated heterocycles. The number of carboxylic acid groups (broad SMARTS) is 1. The van der Waals surface area contributed by atoms with Crippen molar-refractivity contribution in [2.45, 2.75) is 6.54 Å². The Labute approximate surface area is 88.5 Å². The maximum absolute atomic E-state index is 10.6. The first-order valence-corrected chi connectivity index (χ1v) is 4.89. The van der Waals surface area contributed by atoms with Crippen LogP contribution in [0.1, 0.15) is 15.4 Å². The average Bonchev–Trinajstić information content (AvgIpc) is 2.86. The molecule has 0 fully saturated rings. The summed E-state index contributed by atoms with van der Waals surface area (Å²) in [5.74, 6) is -0.970. The fraction of sp³-hybridized carbons (Fsp3) is 0.125. The first kappa shape index (κ1) is 9.66. The van der Waals surface area contributed by atoms with Gasteiger partial charge in [0, 0.05) is 6.07 Å². The van der Waals surface area contributed by atoms with Crippen molar-refractivity contribution in [1.29, 1.82) is 0 Å². The second-order valence-corrected chi connectivity index (χ2v) is 3.71. The fourth-order valence-electron chi connectivity index (χ4n) is 0.950. The molecule has 78 valence electrons. The lowest BCUT2D eigenvalue weighted by atomic mass is 10.4. The van der Waals surface area contributed by atoms with Crippen LogP contribution in [0, 0.1) is 0 Å². The molecule has 0 atom stereocenters. The van der Waals surface area contributed by atoms with Crippen molar-refractivity contribution in [1.82, 2.24) is 10.1 Å². The second-order valence-electron chi connectivity index (χ2n) is 2.68. The Morgan fingerprint density at radius 2 is 2.53 bits per heavy atom.